The molecule has 0 fully saturated rings. The number of amides is 3. The highest BCUT2D eigenvalue weighted by molar-refractivity contribution is 6.01. The topological polar surface area (TPSA) is 138 Å². The number of ether oxygens (including phenoxy) is 2. The molecule has 0 bridgehead atoms. The molecular weight excluding hydrogens is 428 g/mol. The van der Waals surface area contributed by atoms with Crippen molar-refractivity contribution < 1.29 is 23.9 Å². The number of carbonyl (C=O) groups excluding carboxylic acids is 3. The molecule has 0 radical (unpaired) electrons. The second kappa shape index (κ2) is 11.0. The summed E-state index contributed by atoms with van der Waals surface area (Å²) in [6, 6.07) is 4.81. The van der Waals surface area contributed by atoms with Gasteiger partial charge in [0, 0.05) is 38.9 Å². The predicted octanol–water partition coefficient (Wildman–Crippen LogP) is 1.76. The van der Waals surface area contributed by atoms with Gasteiger partial charge in [0.1, 0.15) is 41.3 Å². The first-order valence-corrected chi connectivity index (χ1v) is 10.2. The Hall–Kier alpha value is -4.04. The smallest absolute Gasteiger partial charge is 0.328 e. The highest BCUT2D eigenvalue weighted by atomic mass is 16.5. The molecule has 172 valence electrons. The number of methoxy groups -OCH3 is 1. The maximum atomic E-state index is 13.0. The van der Waals surface area contributed by atoms with E-state index in [1.54, 1.807) is 7.05 Å². The molecule has 0 unspecified atom stereocenters. The standard InChI is InChI=1S/C22H24N6O5/c1-27(14-30)12-16-8-15-4-3-5-28(21(15)25-18(16)13-29)22(31)26-20-9-19(33-7-6-32-2)17(10-23)11-24-20/h8-9,11,13-14H,3-7,12H2,1-2H3,(H,24,26,31). The number of nitrogens with one attached hydrogen (secondary N) is 1. The summed E-state index contributed by atoms with van der Waals surface area (Å²) in [7, 11) is 3.15. The number of hydrogen-bond acceptors (Lipinski definition) is 8. The Morgan fingerprint density at radius 1 is 1.36 bits per heavy atom. The Morgan fingerprint density at radius 3 is 2.88 bits per heavy atom. The predicted molar refractivity (Wildman–Crippen MR) is 118 cm³/mol. The van der Waals surface area contributed by atoms with Crippen LogP contribution in [0.5, 0.6) is 5.75 Å². The van der Waals surface area contributed by atoms with E-state index in [4.69, 9.17) is 9.47 Å². The first kappa shape index (κ1) is 23.6. The molecule has 0 aromatic carbocycles. The molecule has 11 heteroatoms. The summed E-state index contributed by atoms with van der Waals surface area (Å²) in [4.78, 5) is 47.0. The SMILES string of the molecule is COCCOc1cc(NC(=O)N2CCCc3cc(CN(C)C=O)c(C=O)nc32)ncc1C#N. The molecule has 3 amide bonds. The Kier molecular flexibility index (Phi) is 7.88. The van der Waals surface area contributed by atoms with Gasteiger partial charge in [0.2, 0.25) is 6.41 Å². The Balaban J connectivity index is 1.83. The molecule has 0 atom stereocenters. The molecule has 3 heterocycles. The van der Waals surface area contributed by atoms with Gasteiger partial charge in [0.15, 0.2) is 6.29 Å². The van der Waals surface area contributed by atoms with Gasteiger partial charge in [-0.15, -0.1) is 0 Å². The number of nitrogens with zero attached hydrogens (tertiary/aromatic N) is 5. The van der Waals surface area contributed by atoms with Crippen LogP contribution in [0.3, 0.4) is 0 Å². The van der Waals surface area contributed by atoms with E-state index in [-0.39, 0.29) is 36.0 Å². The van der Waals surface area contributed by atoms with E-state index in [2.05, 4.69) is 15.3 Å². The number of hydrogen-bond donors (Lipinski definition) is 1. The van der Waals surface area contributed by atoms with Gasteiger partial charge in [-0.2, -0.15) is 5.26 Å². The molecule has 33 heavy (non-hydrogen) atoms. The quantitative estimate of drug-likeness (QED) is 0.449. The number of aldehydes is 1. The summed E-state index contributed by atoms with van der Waals surface area (Å²) in [6.07, 6.45) is 4.00. The zero-order valence-corrected chi connectivity index (χ0v) is 18.4. The van der Waals surface area contributed by atoms with Crippen LogP contribution in [-0.4, -0.2) is 67.5 Å². The maximum Gasteiger partial charge on any atom is 0.328 e. The normalized spacial score (nSPS) is 12.3. The number of carbonyl (C=O) groups is 3. The van der Waals surface area contributed by atoms with Gasteiger partial charge < -0.3 is 14.4 Å². The molecule has 2 aromatic heterocycles. The minimum Gasteiger partial charge on any atom is -0.490 e. The van der Waals surface area contributed by atoms with Crippen LogP contribution in [0.25, 0.3) is 0 Å². The lowest BCUT2D eigenvalue weighted by Gasteiger charge is -2.29. The van der Waals surface area contributed by atoms with Gasteiger partial charge in [0.05, 0.1) is 12.8 Å². The fourth-order valence-corrected chi connectivity index (χ4v) is 3.41. The summed E-state index contributed by atoms with van der Waals surface area (Å²) in [6.45, 7) is 1.23. The summed E-state index contributed by atoms with van der Waals surface area (Å²) in [5.41, 5.74) is 1.84. The number of urea groups is 1. The molecule has 1 N–H and O–H groups in total. The van der Waals surface area contributed by atoms with E-state index in [0.717, 1.165) is 5.56 Å². The number of anilines is 2. The van der Waals surface area contributed by atoms with Gasteiger partial charge in [-0.05, 0) is 24.5 Å². The van der Waals surface area contributed by atoms with Gasteiger partial charge in [-0.1, -0.05) is 0 Å². The number of nitriles is 1. The van der Waals surface area contributed by atoms with Crippen molar-refractivity contribution in [3.63, 3.8) is 0 Å². The first-order valence-electron chi connectivity index (χ1n) is 10.2. The van der Waals surface area contributed by atoms with Crippen LogP contribution < -0.4 is 15.0 Å². The lowest BCUT2D eigenvalue weighted by molar-refractivity contribution is -0.117. The lowest BCUT2D eigenvalue weighted by atomic mass is 10.0. The summed E-state index contributed by atoms with van der Waals surface area (Å²) < 4.78 is 10.5. The average Bonchev–Trinajstić information content (AvgIpc) is 2.83. The third kappa shape index (κ3) is 5.61. The molecule has 0 saturated heterocycles. The third-order valence-corrected chi connectivity index (χ3v) is 5.00. The number of aryl methyl sites for hydroxylation is 1. The van der Waals surface area contributed by atoms with Crippen molar-refractivity contribution in [2.45, 2.75) is 19.4 Å². The Morgan fingerprint density at radius 2 is 2.18 bits per heavy atom. The molecule has 1 aliphatic heterocycles. The molecule has 3 rings (SSSR count). The minimum atomic E-state index is -0.474. The van der Waals surface area contributed by atoms with Crippen molar-refractivity contribution in [1.29, 1.82) is 5.26 Å². The summed E-state index contributed by atoms with van der Waals surface area (Å²) >= 11 is 0. The molecule has 0 saturated carbocycles. The van der Waals surface area contributed by atoms with Crippen LogP contribution in [0, 0.1) is 11.3 Å². The molecular formula is C22H24N6O5. The number of rotatable bonds is 9. The molecule has 0 aliphatic carbocycles. The second-order valence-electron chi connectivity index (χ2n) is 7.36. The monoisotopic (exact) mass is 452 g/mol. The van der Waals surface area contributed by atoms with Crippen molar-refractivity contribution in [3.8, 4) is 11.8 Å². The van der Waals surface area contributed by atoms with E-state index in [1.807, 2.05) is 12.1 Å². The summed E-state index contributed by atoms with van der Waals surface area (Å²) in [5, 5.41) is 11.9. The zero-order valence-electron chi connectivity index (χ0n) is 18.4. The maximum absolute atomic E-state index is 13.0. The number of fused-ring (bicyclic) bond motifs is 1. The number of pyridine rings is 2. The van der Waals surface area contributed by atoms with Crippen LogP contribution in [0.1, 0.15) is 33.6 Å². The first-order chi connectivity index (χ1) is 16.0. The van der Waals surface area contributed by atoms with Gasteiger partial charge >= 0.3 is 6.03 Å². The van der Waals surface area contributed by atoms with Crippen molar-refractivity contribution in [2.24, 2.45) is 0 Å². The van der Waals surface area contributed by atoms with Crippen LogP contribution in [0.15, 0.2) is 18.3 Å². The zero-order chi connectivity index (χ0) is 23.8. The van der Waals surface area contributed by atoms with E-state index in [9.17, 15) is 19.6 Å². The second-order valence-corrected chi connectivity index (χ2v) is 7.36. The molecule has 11 nitrogen and oxygen atoms in total. The summed E-state index contributed by atoms with van der Waals surface area (Å²) in [5.74, 6) is 0.881. The van der Waals surface area contributed by atoms with Crippen molar-refractivity contribution in [3.05, 3.63) is 40.7 Å². The highest BCUT2D eigenvalue weighted by Crippen LogP contribution is 2.28. The average molecular weight is 452 g/mol. The Bertz CT molecular complexity index is 1080. The van der Waals surface area contributed by atoms with Crippen LogP contribution >= 0.6 is 0 Å². The Labute approximate surface area is 190 Å². The largest absolute Gasteiger partial charge is 0.490 e. The fraction of sp³-hybridized carbons (Fsp3) is 0.364. The van der Waals surface area contributed by atoms with Gasteiger partial charge in [0.25, 0.3) is 0 Å². The van der Waals surface area contributed by atoms with Crippen LogP contribution in [-0.2, 0) is 22.5 Å². The van der Waals surface area contributed by atoms with E-state index in [1.165, 1.54) is 29.2 Å². The van der Waals surface area contributed by atoms with Gasteiger partial charge in [-0.25, -0.2) is 14.8 Å². The van der Waals surface area contributed by atoms with Gasteiger partial charge in [-0.3, -0.25) is 19.8 Å². The molecule has 2 aromatic rings. The third-order valence-electron chi connectivity index (χ3n) is 5.00. The van der Waals surface area contributed by atoms with Crippen LogP contribution in [0.2, 0.25) is 0 Å². The van der Waals surface area contributed by atoms with Crippen molar-refractivity contribution in [2.75, 3.05) is 44.1 Å². The molecule has 1 aliphatic rings. The van der Waals surface area contributed by atoms with Crippen LogP contribution in [0.4, 0.5) is 16.4 Å². The van der Waals surface area contributed by atoms with E-state index in [0.29, 0.717) is 50.1 Å². The van der Waals surface area contributed by atoms with Crippen molar-refractivity contribution in [1.82, 2.24) is 14.9 Å². The highest BCUT2D eigenvalue weighted by Gasteiger charge is 2.26. The fourth-order valence-electron chi connectivity index (χ4n) is 3.41. The minimum absolute atomic E-state index is 0.174. The number of aromatic nitrogens is 2. The van der Waals surface area contributed by atoms with E-state index >= 15 is 0 Å². The molecule has 0 spiro atoms. The van der Waals surface area contributed by atoms with E-state index < -0.39 is 6.03 Å². The lowest BCUT2D eigenvalue weighted by Crippen LogP contribution is -2.40. The van der Waals surface area contributed by atoms with Crippen molar-refractivity contribution >= 4 is 30.4 Å².